The molecule has 0 radical (unpaired) electrons. The summed E-state index contributed by atoms with van der Waals surface area (Å²) in [5.74, 6) is 0.367. The molecule has 2 rings (SSSR count). The van der Waals surface area contributed by atoms with Crippen LogP contribution < -0.4 is 10.5 Å². The Bertz CT molecular complexity index is 838. The summed E-state index contributed by atoms with van der Waals surface area (Å²) in [5, 5.41) is 7.50. The smallest absolute Gasteiger partial charge is 0.271 e. The van der Waals surface area contributed by atoms with Crippen LogP contribution in [0.1, 0.15) is 5.76 Å². The maximum Gasteiger partial charge on any atom is 0.271 e. The monoisotopic (exact) mass is 331 g/mol. The average Bonchev–Trinajstić information content (AvgIpc) is 2.84. The minimum atomic E-state index is -3.86. The predicted octanol–water partition coefficient (Wildman–Crippen LogP) is 0.338. The normalized spacial score (nSPS) is 12.3. The molecule has 0 amide bonds. The van der Waals surface area contributed by atoms with Gasteiger partial charge in [0.2, 0.25) is 5.09 Å². The predicted molar refractivity (Wildman–Crippen MR) is 74.8 cm³/mol. The molecule has 0 aliphatic carbocycles. The van der Waals surface area contributed by atoms with Gasteiger partial charge in [0.25, 0.3) is 10.0 Å². The van der Waals surface area contributed by atoms with Gasteiger partial charge in [-0.05, 0) is 24.3 Å². The van der Waals surface area contributed by atoms with Crippen LogP contribution in [0.25, 0.3) is 0 Å². The number of nitrogens with zero attached hydrogens (tertiary/aromatic N) is 1. The molecule has 2 aromatic heterocycles. The number of furan rings is 1. The lowest BCUT2D eigenvalue weighted by atomic mass is 10.4. The third-order valence-corrected chi connectivity index (χ3v) is 4.28. The molecule has 0 unspecified atom stereocenters. The molecule has 0 fully saturated rings. The molecule has 0 atom stereocenters. The Balaban J connectivity index is 2.05. The van der Waals surface area contributed by atoms with Crippen molar-refractivity contribution in [3.8, 4) is 0 Å². The molecule has 8 nitrogen and oxygen atoms in total. The standard InChI is InChI=1S/C11H13N3O5S2/c1-20(15,16)10-4-2-8(6-14-10)13-7-9-3-5-11(19-9)21(12,17)18/h2-6,13H,7H2,1H3,(H2,12,17,18). The van der Waals surface area contributed by atoms with Crippen molar-refractivity contribution >= 4 is 25.5 Å². The van der Waals surface area contributed by atoms with E-state index in [1.165, 1.54) is 24.4 Å². The number of nitrogens with two attached hydrogens (primary N) is 1. The molecule has 0 aromatic carbocycles. The fourth-order valence-corrected chi connectivity index (χ4v) is 2.54. The number of hydrogen-bond acceptors (Lipinski definition) is 7. The summed E-state index contributed by atoms with van der Waals surface area (Å²) in [7, 11) is -7.20. The molecular formula is C11H13N3O5S2. The summed E-state index contributed by atoms with van der Waals surface area (Å²) in [6, 6.07) is 5.66. The number of rotatable bonds is 5. The van der Waals surface area contributed by atoms with E-state index in [-0.39, 0.29) is 16.7 Å². The first-order valence-corrected chi connectivity index (χ1v) is 9.11. The maximum absolute atomic E-state index is 11.3. The van der Waals surface area contributed by atoms with Crippen LogP contribution in [0.2, 0.25) is 0 Å². The first kappa shape index (κ1) is 15.5. The van der Waals surface area contributed by atoms with Gasteiger partial charge in [0.15, 0.2) is 14.9 Å². The molecule has 0 aliphatic rings. The van der Waals surface area contributed by atoms with Gasteiger partial charge in [-0.1, -0.05) is 0 Å². The third kappa shape index (κ3) is 4.03. The highest BCUT2D eigenvalue weighted by Crippen LogP contribution is 2.15. The highest BCUT2D eigenvalue weighted by molar-refractivity contribution is 7.90. The van der Waals surface area contributed by atoms with Crippen LogP contribution in [0.15, 0.2) is 45.0 Å². The van der Waals surface area contributed by atoms with Gasteiger partial charge in [-0.2, -0.15) is 0 Å². The molecular weight excluding hydrogens is 318 g/mol. The van der Waals surface area contributed by atoms with E-state index in [4.69, 9.17) is 9.56 Å². The van der Waals surface area contributed by atoms with Crippen molar-refractivity contribution in [2.24, 2.45) is 5.14 Å². The zero-order valence-electron chi connectivity index (χ0n) is 11.0. The van der Waals surface area contributed by atoms with Gasteiger partial charge >= 0.3 is 0 Å². The van der Waals surface area contributed by atoms with E-state index < -0.39 is 19.9 Å². The molecule has 0 aliphatic heterocycles. The summed E-state index contributed by atoms with van der Waals surface area (Å²) in [6.07, 6.45) is 2.43. The lowest BCUT2D eigenvalue weighted by molar-refractivity contribution is 0.419. The second-order valence-electron chi connectivity index (χ2n) is 4.28. The zero-order valence-corrected chi connectivity index (χ0v) is 12.6. The van der Waals surface area contributed by atoms with Gasteiger partial charge in [0, 0.05) is 6.26 Å². The summed E-state index contributed by atoms with van der Waals surface area (Å²) >= 11 is 0. The number of anilines is 1. The summed E-state index contributed by atoms with van der Waals surface area (Å²) in [4.78, 5) is 3.81. The highest BCUT2D eigenvalue weighted by Gasteiger charge is 2.13. The SMILES string of the molecule is CS(=O)(=O)c1ccc(NCc2ccc(S(N)(=O)=O)o2)cn1. The highest BCUT2D eigenvalue weighted by atomic mass is 32.2. The van der Waals surface area contributed by atoms with Gasteiger partial charge in [-0.15, -0.1) is 0 Å². The van der Waals surface area contributed by atoms with E-state index in [0.29, 0.717) is 11.4 Å². The van der Waals surface area contributed by atoms with Gasteiger partial charge in [0.1, 0.15) is 5.76 Å². The first-order valence-electron chi connectivity index (χ1n) is 5.68. The Labute approximate surface area is 122 Å². The van der Waals surface area contributed by atoms with Crippen LogP contribution in [-0.4, -0.2) is 28.1 Å². The Morgan fingerprint density at radius 1 is 1.19 bits per heavy atom. The maximum atomic E-state index is 11.3. The summed E-state index contributed by atoms with van der Waals surface area (Å²) in [6.45, 7) is 0.204. The van der Waals surface area contributed by atoms with Crippen molar-refractivity contribution in [3.63, 3.8) is 0 Å². The second-order valence-corrected chi connectivity index (χ2v) is 7.73. The Morgan fingerprint density at radius 2 is 1.90 bits per heavy atom. The van der Waals surface area contributed by atoms with E-state index in [9.17, 15) is 16.8 Å². The van der Waals surface area contributed by atoms with E-state index in [0.717, 1.165) is 6.26 Å². The number of aromatic nitrogens is 1. The van der Waals surface area contributed by atoms with Crippen molar-refractivity contribution in [3.05, 3.63) is 36.2 Å². The molecule has 3 N–H and O–H groups in total. The summed E-state index contributed by atoms with van der Waals surface area (Å²) in [5.41, 5.74) is 0.566. The molecule has 0 spiro atoms. The number of sulfone groups is 1. The van der Waals surface area contributed by atoms with Crippen molar-refractivity contribution in [2.75, 3.05) is 11.6 Å². The average molecular weight is 331 g/mol. The number of nitrogens with one attached hydrogen (secondary N) is 1. The van der Waals surface area contributed by atoms with Gasteiger partial charge in [-0.3, -0.25) is 0 Å². The number of hydrogen-bond donors (Lipinski definition) is 2. The Morgan fingerprint density at radius 3 is 2.38 bits per heavy atom. The summed E-state index contributed by atoms with van der Waals surface area (Å²) < 4.78 is 49.7. The van der Waals surface area contributed by atoms with Crippen LogP contribution >= 0.6 is 0 Å². The Kier molecular flexibility index (Phi) is 4.03. The molecule has 0 saturated carbocycles. The largest absolute Gasteiger partial charge is 0.446 e. The zero-order chi connectivity index (χ0) is 15.7. The fraction of sp³-hybridized carbons (Fsp3) is 0.182. The van der Waals surface area contributed by atoms with E-state index >= 15 is 0 Å². The first-order chi connectivity index (χ1) is 9.66. The number of primary sulfonamides is 1. The fourth-order valence-electron chi connectivity index (χ4n) is 1.50. The van der Waals surface area contributed by atoms with Gasteiger partial charge in [0.05, 0.1) is 18.4 Å². The van der Waals surface area contributed by atoms with Crippen molar-refractivity contribution in [1.29, 1.82) is 0 Å². The second kappa shape index (κ2) is 5.47. The van der Waals surface area contributed by atoms with Crippen LogP contribution in [0.4, 0.5) is 5.69 Å². The van der Waals surface area contributed by atoms with Crippen LogP contribution in [0.5, 0.6) is 0 Å². The molecule has 21 heavy (non-hydrogen) atoms. The third-order valence-electron chi connectivity index (χ3n) is 2.50. The molecule has 0 saturated heterocycles. The quantitative estimate of drug-likeness (QED) is 0.807. The minimum absolute atomic E-state index is 0.0254. The molecule has 2 heterocycles. The van der Waals surface area contributed by atoms with Crippen LogP contribution in [0.3, 0.4) is 0 Å². The molecule has 0 bridgehead atoms. The van der Waals surface area contributed by atoms with E-state index in [2.05, 4.69) is 10.3 Å². The van der Waals surface area contributed by atoms with Crippen LogP contribution in [-0.2, 0) is 26.4 Å². The van der Waals surface area contributed by atoms with E-state index in [1.54, 1.807) is 6.07 Å². The number of sulfonamides is 1. The minimum Gasteiger partial charge on any atom is -0.446 e. The molecule has 114 valence electrons. The number of pyridine rings is 1. The van der Waals surface area contributed by atoms with Crippen molar-refractivity contribution in [2.45, 2.75) is 16.7 Å². The topological polar surface area (TPSA) is 132 Å². The van der Waals surface area contributed by atoms with Crippen LogP contribution in [0, 0.1) is 0 Å². The molecule has 10 heteroatoms. The lowest BCUT2D eigenvalue weighted by Crippen LogP contribution is -2.10. The Hall–Kier alpha value is -1.91. The van der Waals surface area contributed by atoms with Crippen molar-refractivity contribution in [1.82, 2.24) is 4.98 Å². The lowest BCUT2D eigenvalue weighted by Gasteiger charge is -2.04. The van der Waals surface area contributed by atoms with Gasteiger partial charge < -0.3 is 9.73 Å². The van der Waals surface area contributed by atoms with Gasteiger partial charge in [-0.25, -0.2) is 27.0 Å². The molecule has 2 aromatic rings. The van der Waals surface area contributed by atoms with Crippen molar-refractivity contribution < 1.29 is 21.3 Å². The van der Waals surface area contributed by atoms with E-state index in [1.807, 2.05) is 0 Å².